The molecule has 28 heavy (non-hydrogen) atoms. The standard InChI is InChI=1S/C21H23N5OS/c1-3-26(12-15-7-5-4-6-8-15)20(27)25-21(2)10-9-16-17(11-21)24-19(23-16)18-13-28-14-22-18/h4-10,13-14H,3,11-12H2,1-2H3,(H,23,24)(H,25,27). The van der Waals surface area contributed by atoms with E-state index in [1.54, 1.807) is 16.8 Å². The minimum atomic E-state index is -0.483. The van der Waals surface area contributed by atoms with Crippen molar-refractivity contribution in [3.8, 4) is 11.5 Å². The number of aromatic amines is 1. The Hall–Kier alpha value is -2.93. The molecule has 0 saturated carbocycles. The lowest BCUT2D eigenvalue weighted by Crippen LogP contribution is -2.52. The van der Waals surface area contributed by atoms with Gasteiger partial charge in [0.15, 0.2) is 5.82 Å². The second kappa shape index (κ2) is 7.59. The van der Waals surface area contributed by atoms with Crippen LogP contribution in [0, 0.1) is 0 Å². The molecule has 2 amide bonds. The fourth-order valence-corrected chi connectivity index (χ4v) is 3.90. The van der Waals surface area contributed by atoms with Crippen LogP contribution in [-0.4, -0.2) is 38.0 Å². The zero-order chi connectivity index (χ0) is 19.6. The highest BCUT2D eigenvalue weighted by molar-refractivity contribution is 7.07. The van der Waals surface area contributed by atoms with Crippen LogP contribution in [-0.2, 0) is 13.0 Å². The number of carbonyl (C=O) groups excluding carboxylic acids is 1. The van der Waals surface area contributed by atoms with Gasteiger partial charge in [0.25, 0.3) is 0 Å². The summed E-state index contributed by atoms with van der Waals surface area (Å²) in [5.41, 5.74) is 5.20. The van der Waals surface area contributed by atoms with Gasteiger partial charge in [-0.2, -0.15) is 0 Å². The van der Waals surface area contributed by atoms with Crippen molar-refractivity contribution in [2.75, 3.05) is 6.54 Å². The van der Waals surface area contributed by atoms with Gasteiger partial charge in [-0.15, -0.1) is 11.3 Å². The molecule has 7 heteroatoms. The number of carbonyl (C=O) groups is 1. The van der Waals surface area contributed by atoms with Crippen LogP contribution in [0.5, 0.6) is 0 Å². The summed E-state index contributed by atoms with van der Waals surface area (Å²) in [6.07, 6.45) is 4.66. The second-order valence-electron chi connectivity index (χ2n) is 7.18. The van der Waals surface area contributed by atoms with Crippen LogP contribution >= 0.6 is 11.3 Å². The van der Waals surface area contributed by atoms with Crippen molar-refractivity contribution < 1.29 is 4.79 Å². The summed E-state index contributed by atoms with van der Waals surface area (Å²) < 4.78 is 0. The van der Waals surface area contributed by atoms with Gasteiger partial charge in [0.1, 0.15) is 5.69 Å². The average molecular weight is 394 g/mol. The van der Waals surface area contributed by atoms with E-state index in [-0.39, 0.29) is 6.03 Å². The van der Waals surface area contributed by atoms with Gasteiger partial charge in [0.05, 0.1) is 22.4 Å². The number of hydrogen-bond donors (Lipinski definition) is 2. The molecule has 0 saturated heterocycles. The Morgan fingerprint density at radius 1 is 1.36 bits per heavy atom. The molecule has 4 rings (SSSR count). The van der Waals surface area contributed by atoms with Crippen molar-refractivity contribution >= 4 is 23.4 Å². The molecule has 3 aromatic rings. The summed E-state index contributed by atoms with van der Waals surface area (Å²) in [7, 11) is 0. The monoisotopic (exact) mass is 393 g/mol. The van der Waals surface area contributed by atoms with Crippen molar-refractivity contribution in [3.63, 3.8) is 0 Å². The van der Waals surface area contributed by atoms with Gasteiger partial charge in [0.2, 0.25) is 0 Å². The van der Waals surface area contributed by atoms with Crippen LogP contribution in [0.3, 0.4) is 0 Å². The highest BCUT2D eigenvalue weighted by Crippen LogP contribution is 2.27. The van der Waals surface area contributed by atoms with E-state index in [0.717, 1.165) is 28.5 Å². The summed E-state index contributed by atoms with van der Waals surface area (Å²) >= 11 is 1.54. The number of imidazole rings is 1. The summed E-state index contributed by atoms with van der Waals surface area (Å²) in [4.78, 5) is 27.0. The minimum absolute atomic E-state index is 0.0720. The highest BCUT2D eigenvalue weighted by Gasteiger charge is 2.31. The number of benzene rings is 1. The average Bonchev–Trinajstić information content (AvgIpc) is 3.35. The Kier molecular flexibility index (Phi) is 5.00. The molecule has 1 aliphatic rings. The Morgan fingerprint density at radius 2 is 2.18 bits per heavy atom. The summed E-state index contributed by atoms with van der Waals surface area (Å²) in [5, 5.41) is 5.15. The molecule has 1 aromatic carbocycles. The number of fused-ring (bicyclic) bond motifs is 1. The minimum Gasteiger partial charge on any atom is -0.337 e. The van der Waals surface area contributed by atoms with Crippen LogP contribution in [0.1, 0.15) is 30.8 Å². The molecule has 0 bridgehead atoms. The normalized spacial score (nSPS) is 17.9. The Balaban J connectivity index is 1.46. The van der Waals surface area contributed by atoms with Gasteiger partial charge < -0.3 is 15.2 Å². The lowest BCUT2D eigenvalue weighted by molar-refractivity contribution is 0.189. The van der Waals surface area contributed by atoms with Gasteiger partial charge in [-0.1, -0.05) is 36.4 Å². The lowest BCUT2D eigenvalue weighted by Gasteiger charge is -2.32. The van der Waals surface area contributed by atoms with Crippen molar-refractivity contribution in [3.05, 3.63) is 64.2 Å². The number of aromatic nitrogens is 3. The van der Waals surface area contributed by atoms with E-state index in [0.29, 0.717) is 19.5 Å². The van der Waals surface area contributed by atoms with Gasteiger partial charge in [-0.3, -0.25) is 0 Å². The van der Waals surface area contributed by atoms with E-state index in [2.05, 4.69) is 15.3 Å². The first-order valence-corrected chi connectivity index (χ1v) is 10.3. The van der Waals surface area contributed by atoms with E-state index in [1.807, 2.05) is 66.6 Å². The Morgan fingerprint density at radius 3 is 2.89 bits per heavy atom. The molecule has 0 aliphatic heterocycles. The van der Waals surface area contributed by atoms with Crippen LogP contribution in [0.25, 0.3) is 17.6 Å². The quantitative estimate of drug-likeness (QED) is 0.686. The number of nitrogens with one attached hydrogen (secondary N) is 2. The molecule has 0 spiro atoms. The number of thiazole rings is 1. The largest absolute Gasteiger partial charge is 0.337 e. The predicted molar refractivity (Wildman–Crippen MR) is 112 cm³/mol. The van der Waals surface area contributed by atoms with E-state index < -0.39 is 5.54 Å². The maximum Gasteiger partial charge on any atom is 0.318 e. The first-order chi connectivity index (χ1) is 13.6. The van der Waals surface area contributed by atoms with Crippen molar-refractivity contribution in [1.82, 2.24) is 25.2 Å². The zero-order valence-electron chi connectivity index (χ0n) is 16.0. The number of nitrogens with zero attached hydrogens (tertiary/aromatic N) is 3. The molecule has 144 valence electrons. The summed E-state index contributed by atoms with van der Waals surface area (Å²) in [5.74, 6) is 0.769. The van der Waals surface area contributed by atoms with Gasteiger partial charge in [0, 0.05) is 24.9 Å². The fourth-order valence-electron chi connectivity index (χ4n) is 3.36. The third-order valence-electron chi connectivity index (χ3n) is 4.92. The molecular weight excluding hydrogens is 370 g/mol. The molecule has 1 atom stereocenters. The van der Waals surface area contributed by atoms with Crippen LogP contribution < -0.4 is 5.32 Å². The molecule has 2 aromatic heterocycles. The zero-order valence-corrected chi connectivity index (χ0v) is 16.8. The third kappa shape index (κ3) is 3.84. The van der Waals surface area contributed by atoms with Crippen LogP contribution in [0.2, 0.25) is 0 Å². The highest BCUT2D eigenvalue weighted by atomic mass is 32.1. The molecule has 0 fully saturated rings. The summed E-state index contributed by atoms with van der Waals surface area (Å²) in [6.45, 7) is 5.25. The van der Waals surface area contributed by atoms with Crippen molar-refractivity contribution in [2.45, 2.75) is 32.4 Å². The first-order valence-electron chi connectivity index (χ1n) is 9.34. The Bertz CT molecular complexity index is 980. The number of urea groups is 1. The fraction of sp³-hybridized carbons (Fsp3) is 0.286. The number of amides is 2. The third-order valence-corrected chi connectivity index (χ3v) is 5.50. The molecule has 6 nitrogen and oxygen atoms in total. The Labute approximate surface area is 168 Å². The van der Waals surface area contributed by atoms with Gasteiger partial charge in [-0.25, -0.2) is 14.8 Å². The smallest absolute Gasteiger partial charge is 0.318 e. The molecule has 1 unspecified atom stereocenters. The molecule has 2 N–H and O–H groups in total. The summed E-state index contributed by atoms with van der Waals surface area (Å²) in [6, 6.07) is 9.96. The first kappa shape index (κ1) is 18.4. The molecule has 0 radical (unpaired) electrons. The van der Waals surface area contributed by atoms with Crippen molar-refractivity contribution in [1.29, 1.82) is 0 Å². The SMILES string of the molecule is CCN(Cc1ccccc1)C(=O)NC1(C)C=Cc2[nH]c(-c3cscn3)nc2C1. The lowest BCUT2D eigenvalue weighted by atomic mass is 9.90. The number of hydrogen-bond acceptors (Lipinski definition) is 4. The molecule has 1 aliphatic carbocycles. The van der Waals surface area contributed by atoms with E-state index >= 15 is 0 Å². The van der Waals surface area contributed by atoms with Crippen LogP contribution in [0.15, 0.2) is 47.3 Å². The van der Waals surface area contributed by atoms with Gasteiger partial charge in [-0.05, 0) is 25.5 Å². The second-order valence-corrected chi connectivity index (χ2v) is 7.90. The predicted octanol–water partition coefficient (Wildman–Crippen LogP) is 4.09. The molecular formula is C21H23N5OS. The number of rotatable bonds is 5. The topological polar surface area (TPSA) is 73.9 Å². The van der Waals surface area contributed by atoms with Crippen LogP contribution in [0.4, 0.5) is 4.79 Å². The maximum atomic E-state index is 12.9. The maximum absolute atomic E-state index is 12.9. The number of H-pyrrole nitrogens is 1. The van der Waals surface area contributed by atoms with E-state index in [9.17, 15) is 4.79 Å². The van der Waals surface area contributed by atoms with E-state index in [1.165, 1.54) is 0 Å². The van der Waals surface area contributed by atoms with Gasteiger partial charge >= 0.3 is 6.03 Å². The molecule has 2 heterocycles. The van der Waals surface area contributed by atoms with Crippen molar-refractivity contribution in [2.24, 2.45) is 0 Å². The van der Waals surface area contributed by atoms with E-state index in [4.69, 9.17) is 4.98 Å².